The van der Waals surface area contributed by atoms with Gasteiger partial charge < -0.3 is 14.9 Å². The van der Waals surface area contributed by atoms with Gasteiger partial charge in [0.1, 0.15) is 8.07 Å². The molecule has 5 heteroatoms. The molecule has 94 valence electrons. The van der Waals surface area contributed by atoms with Crippen LogP contribution in [0, 0.1) is 11.5 Å². The molecule has 0 saturated carbocycles. The van der Waals surface area contributed by atoms with Crippen molar-refractivity contribution in [3.8, 4) is 11.5 Å². The summed E-state index contributed by atoms with van der Waals surface area (Å²) in [5.41, 5.74) is 1.81. The molecule has 0 amide bonds. The van der Waals surface area contributed by atoms with Crippen molar-refractivity contribution in [3.63, 3.8) is 0 Å². The highest BCUT2D eigenvalue weighted by molar-refractivity contribution is 6.83. The molecule has 0 aliphatic carbocycles. The van der Waals surface area contributed by atoms with E-state index < -0.39 is 25.7 Å². The average Bonchev–Trinajstić information content (AvgIpc) is 2.18. The zero-order valence-corrected chi connectivity index (χ0v) is 11.4. The molecule has 4 nitrogen and oxygen atoms in total. The topological polar surface area (TPSA) is 66.8 Å². The van der Waals surface area contributed by atoms with Crippen LogP contribution in [0.1, 0.15) is 6.42 Å². The van der Waals surface area contributed by atoms with Gasteiger partial charge >= 0.3 is 5.97 Å². The molecule has 0 bridgehead atoms. The average molecular weight is 254 g/mol. The molecule has 0 saturated heterocycles. The Morgan fingerprint density at radius 2 is 2.24 bits per heavy atom. The fourth-order valence-electron chi connectivity index (χ4n) is 1.28. The van der Waals surface area contributed by atoms with Crippen molar-refractivity contribution in [1.29, 1.82) is 0 Å². The second-order valence-corrected chi connectivity index (χ2v) is 9.98. The Hall–Kier alpha value is -1.09. The van der Waals surface area contributed by atoms with Gasteiger partial charge in [0.25, 0.3) is 0 Å². The summed E-state index contributed by atoms with van der Waals surface area (Å²) in [5.74, 6) is 1.90. The van der Waals surface area contributed by atoms with Crippen molar-refractivity contribution >= 4 is 14.0 Å². The van der Waals surface area contributed by atoms with E-state index in [4.69, 9.17) is 9.84 Å². The van der Waals surface area contributed by atoms with E-state index in [0.29, 0.717) is 0 Å². The lowest BCUT2D eigenvalue weighted by atomic mass is 10.0. The van der Waals surface area contributed by atoms with E-state index in [1.165, 1.54) is 6.08 Å². The fourth-order valence-corrected chi connectivity index (χ4v) is 1.87. The lowest BCUT2D eigenvalue weighted by Crippen LogP contribution is -2.37. The Bertz CT molecular complexity index is 386. The van der Waals surface area contributed by atoms with Crippen LogP contribution in [0.4, 0.5) is 0 Å². The van der Waals surface area contributed by atoms with Gasteiger partial charge in [-0.15, -0.1) is 5.54 Å². The number of aliphatic hydroxyl groups is 1. The van der Waals surface area contributed by atoms with Gasteiger partial charge in [0.15, 0.2) is 5.60 Å². The minimum Gasteiger partial charge on any atom is -0.481 e. The van der Waals surface area contributed by atoms with Gasteiger partial charge in [0.2, 0.25) is 0 Å². The van der Waals surface area contributed by atoms with Crippen molar-refractivity contribution in [2.45, 2.75) is 37.8 Å². The third kappa shape index (κ3) is 5.17. The van der Waals surface area contributed by atoms with E-state index in [2.05, 4.69) is 31.1 Å². The first-order valence-corrected chi connectivity index (χ1v) is 9.00. The first-order chi connectivity index (χ1) is 7.70. The molecule has 0 fully saturated rings. The summed E-state index contributed by atoms with van der Waals surface area (Å²) in [6.07, 6.45) is 2.54. The number of carboxylic acid groups (broad SMARTS) is 1. The molecule has 1 aliphatic rings. The van der Waals surface area contributed by atoms with Gasteiger partial charge in [0, 0.05) is 0 Å². The number of ether oxygens (including phenoxy) is 1. The molecular formula is C12H18O4Si. The van der Waals surface area contributed by atoms with Crippen molar-refractivity contribution in [3.05, 3.63) is 12.2 Å². The smallest absolute Gasteiger partial charge is 0.306 e. The van der Waals surface area contributed by atoms with Crippen LogP contribution < -0.4 is 0 Å². The fraction of sp³-hybridized carbons (Fsp3) is 0.583. The molecule has 1 rings (SSSR count). The second-order valence-electron chi connectivity index (χ2n) is 5.23. The molecule has 0 radical (unpaired) electrons. The summed E-state index contributed by atoms with van der Waals surface area (Å²) in [4.78, 5) is 10.5. The lowest BCUT2D eigenvalue weighted by Gasteiger charge is -2.26. The van der Waals surface area contributed by atoms with Crippen molar-refractivity contribution in [1.82, 2.24) is 0 Å². The quantitative estimate of drug-likeness (QED) is 0.439. The van der Waals surface area contributed by atoms with Gasteiger partial charge in [0.05, 0.1) is 19.1 Å². The molecule has 17 heavy (non-hydrogen) atoms. The van der Waals surface area contributed by atoms with Crippen molar-refractivity contribution < 1.29 is 19.7 Å². The molecule has 1 heterocycles. The molecule has 0 aromatic rings. The maximum absolute atomic E-state index is 10.5. The number of aliphatic carboxylic acids is 1. The van der Waals surface area contributed by atoms with Crippen LogP contribution in [0.3, 0.4) is 0 Å². The normalized spacial score (nSPS) is 28.4. The molecule has 2 N–H and O–H groups in total. The summed E-state index contributed by atoms with van der Waals surface area (Å²) >= 11 is 0. The standard InChI is InChI=1S/C12H18O4Si/c1-17(2,3)7-6-12(15)5-4-10(16-9-12)8-11(13)14/h4-5,10,15H,8-9H2,1-3H3,(H,13,14)/t10-,12+/m0/s1. The first-order valence-electron chi connectivity index (χ1n) is 5.50. The highest BCUT2D eigenvalue weighted by atomic mass is 28.3. The predicted octanol–water partition coefficient (Wildman–Crippen LogP) is 1.03. The zero-order chi connectivity index (χ0) is 13.1. The van der Waals surface area contributed by atoms with Crippen molar-refractivity contribution in [2.75, 3.05) is 6.61 Å². The zero-order valence-electron chi connectivity index (χ0n) is 10.4. The number of hydrogen-bond acceptors (Lipinski definition) is 3. The Morgan fingerprint density at radius 1 is 1.59 bits per heavy atom. The van der Waals surface area contributed by atoms with Crippen LogP contribution in [0.15, 0.2) is 12.2 Å². The number of carboxylic acids is 1. The predicted molar refractivity (Wildman–Crippen MR) is 67.2 cm³/mol. The van der Waals surface area contributed by atoms with Gasteiger partial charge in [-0.05, 0) is 6.08 Å². The molecule has 0 aromatic heterocycles. The summed E-state index contributed by atoms with van der Waals surface area (Å²) in [5, 5.41) is 18.7. The second kappa shape index (κ2) is 5.04. The minimum absolute atomic E-state index is 0.0267. The summed E-state index contributed by atoms with van der Waals surface area (Å²) < 4.78 is 5.26. The molecule has 0 aromatic carbocycles. The Balaban J connectivity index is 2.70. The number of rotatable bonds is 2. The van der Waals surface area contributed by atoms with Gasteiger partial charge in [-0.25, -0.2) is 0 Å². The van der Waals surface area contributed by atoms with Crippen LogP contribution in [0.5, 0.6) is 0 Å². The molecule has 1 aliphatic heterocycles. The summed E-state index contributed by atoms with van der Waals surface area (Å²) in [7, 11) is -1.54. The SMILES string of the molecule is C[Si](C)(C)C#C[C@]1(O)C=C[C@@H](CC(=O)O)OC1. The van der Waals surface area contributed by atoms with Crippen LogP contribution in [0.2, 0.25) is 19.6 Å². The highest BCUT2D eigenvalue weighted by Gasteiger charge is 2.28. The number of hydrogen-bond donors (Lipinski definition) is 2. The molecule has 0 unspecified atom stereocenters. The largest absolute Gasteiger partial charge is 0.481 e. The third-order valence-electron chi connectivity index (χ3n) is 2.13. The maximum atomic E-state index is 10.5. The van der Waals surface area contributed by atoms with Crippen LogP contribution in [-0.2, 0) is 9.53 Å². The lowest BCUT2D eigenvalue weighted by molar-refractivity contribution is -0.140. The first kappa shape index (κ1) is 14.0. The van der Waals surface area contributed by atoms with Crippen LogP contribution >= 0.6 is 0 Å². The molecule has 0 spiro atoms. The van der Waals surface area contributed by atoms with E-state index in [9.17, 15) is 9.90 Å². The Labute approximate surface area is 102 Å². The van der Waals surface area contributed by atoms with Gasteiger partial charge in [-0.3, -0.25) is 4.79 Å². The Kier molecular flexibility index (Phi) is 4.15. The number of carbonyl (C=O) groups is 1. The third-order valence-corrected chi connectivity index (χ3v) is 3.01. The molecule has 2 atom stereocenters. The summed E-state index contributed by atoms with van der Waals surface area (Å²) in [6, 6.07) is 0. The van der Waals surface area contributed by atoms with Gasteiger partial charge in [-0.2, -0.15) is 0 Å². The van der Waals surface area contributed by atoms with E-state index in [1.807, 2.05) is 0 Å². The van der Waals surface area contributed by atoms with Crippen molar-refractivity contribution in [2.24, 2.45) is 0 Å². The highest BCUT2D eigenvalue weighted by Crippen LogP contribution is 2.17. The van der Waals surface area contributed by atoms with E-state index >= 15 is 0 Å². The monoisotopic (exact) mass is 254 g/mol. The van der Waals surface area contributed by atoms with Crippen LogP contribution in [0.25, 0.3) is 0 Å². The Morgan fingerprint density at radius 3 is 2.65 bits per heavy atom. The van der Waals surface area contributed by atoms with E-state index in [1.54, 1.807) is 6.08 Å². The van der Waals surface area contributed by atoms with E-state index in [-0.39, 0.29) is 13.0 Å². The minimum atomic E-state index is -1.54. The summed E-state index contributed by atoms with van der Waals surface area (Å²) in [6.45, 7) is 6.29. The van der Waals surface area contributed by atoms with Crippen LogP contribution in [-0.4, -0.2) is 42.6 Å². The molecular weight excluding hydrogens is 236 g/mol. The maximum Gasteiger partial charge on any atom is 0.306 e. The van der Waals surface area contributed by atoms with Gasteiger partial charge in [-0.1, -0.05) is 31.6 Å². The van der Waals surface area contributed by atoms with E-state index in [0.717, 1.165) is 0 Å².